The van der Waals surface area contributed by atoms with Gasteiger partial charge < -0.3 is 10.1 Å². The monoisotopic (exact) mass is 306 g/mol. The molecule has 1 aliphatic rings. The Labute approximate surface area is 104 Å². The summed E-state index contributed by atoms with van der Waals surface area (Å²) in [5.41, 5.74) is 0.672. The number of hydrogen-bond donors (Lipinski definition) is 1. The Morgan fingerprint density at radius 1 is 1.59 bits per heavy atom. The number of nitrogens with zero attached hydrogens (tertiary/aromatic N) is 1. The highest BCUT2D eigenvalue weighted by atomic mass is 79.9. The van der Waals surface area contributed by atoms with E-state index in [4.69, 9.17) is 0 Å². The van der Waals surface area contributed by atoms with Gasteiger partial charge in [0.15, 0.2) is 0 Å². The zero-order chi connectivity index (χ0) is 12.5. The van der Waals surface area contributed by atoms with Crippen LogP contribution in [-0.2, 0) is 9.53 Å². The number of pyridine rings is 1. The predicted octanol–water partition coefficient (Wildman–Crippen LogP) is 2.21. The Hall–Kier alpha value is -1.24. The van der Waals surface area contributed by atoms with E-state index in [0.717, 1.165) is 4.47 Å². The second-order valence-corrected chi connectivity index (χ2v) is 4.62. The van der Waals surface area contributed by atoms with Crippen LogP contribution in [0.15, 0.2) is 22.9 Å². The second-order valence-electron chi connectivity index (χ2n) is 3.71. The third-order valence-corrected chi connectivity index (χ3v) is 2.73. The van der Waals surface area contributed by atoms with Crippen molar-refractivity contribution in [2.24, 2.45) is 0 Å². The molecule has 2 rings (SSSR count). The van der Waals surface area contributed by atoms with Crippen LogP contribution < -0.4 is 5.32 Å². The number of ether oxygens (including phenoxy) is 1. The first-order valence-electron chi connectivity index (χ1n) is 4.91. The van der Waals surface area contributed by atoms with Crippen LogP contribution in [0.3, 0.4) is 0 Å². The van der Waals surface area contributed by atoms with Crippen molar-refractivity contribution >= 4 is 27.6 Å². The van der Waals surface area contributed by atoms with E-state index in [1.54, 1.807) is 18.5 Å². The largest absolute Gasteiger partial charge is 0.456 e. The molecule has 17 heavy (non-hydrogen) atoms. The van der Waals surface area contributed by atoms with Crippen LogP contribution in [0.4, 0.5) is 14.5 Å². The van der Waals surface area contributed by atoms with E-state index in [0.29, 0.717) is 5.69 Å². The minimum absolute atomic E-state index is 0.138. The Kier molecular flexibility index (Phi) is 3.28. The lowest BCUT2D eigenvalue weighted by Gasteiger charge is -2.10. The third-order valence-electron chi connectivity index (χ3n) is 2.30. The molecule has 1 aromatic rings. The number of cyclic esters (lactones) is 1. The fourth-order valence-corrected chi connectivity index (χ4v) is 1.87. The Bertz CT molecular complexity index is 442. The van der Waals surface area contributed by atoms with Crippen molar-refractivity contribution in [3.8, 4) is 0 Å². The number of esters is 1. The number of carbonyl (C=O) groups excluding carboxylic acids is 1. The van der Waals surface area contributed by atoms with Crippen LogP contribution in [0.2, 0.25) is 0 Å². The SMILES string of the molecule is O=C1OC(CNc2cncc(Br)c2)CC1(F)F. The molecule has 0 saturated carbocycles. The van der Waals surface area contributed by atoms with Gasteiger partial charge in [-0.3, -0.25) is 4.98 Å². The maximum Gasteiger partial charge on any atom is 0.377 e. The van der Waals surface area contributed by atoms with Crippen LogP contribution in [0, 0.1) is 0 Å². The molecule has 0 radical (unpaired) electrons. The van der Waals surface area contributed by atoms with Crippen LogP contribution in [0.5, 0.6) is 0 Å². The Morgan fingerprint density at radius 2 is 2.35 bits per heavy atom. The summed E-state index contributed by atoms with van der Waals surface area (Å²) in [5, 5.41) is 2.88. The fourth-order valence-electron chi connectivity index (χ4n) is 1.50. The minimum atomic E-state index is -3.36. The molecule has 0 aliphatic carbocycles. The van der Waals surface area contributed by atoms with Crippen molar-refractivity contribution < 1.29 is 18.3 Å². The summed E-state index contributed by atoms with van der Waals surface area (Å²) in [6.45, 7) is 0.138. The highest BCUT2D eigenvalue weighted by Crippen LogP contribution is 2.30. The first kappa shape index (κ1) is 12.2. The van der Waals surface area contributed by atoms with Gasteiger partial charge in [-0.15, -0.1) is 0 Å². The highest BCUT2D eigenvalue weighted by Gasteiger charge is 2.50. The lowest BCUT2D eigenvalue weighted by atomic mass is 10.2. The molecule has 4 nitrogen and oxygen atoms in total. The van der Waals surface area contributed by atoms with E-state index in [9.17, 15) is 13.6 Å². The molecule has 92 valence electrons. The summed E-state index contributed by atoms with van der Waals surface area (Å²) in [7, 11) is 0. The summed E-state index contributed by atoms with van der Waals surface area (Å²) in [6.07, 6.45) is 1.77. The normalized spacial score (nSPS) is 22.3. The molecule has 0 amide bonds. The molecule has 7 heteroatoms. The van der Waals surface area contributed by atoms with Gasteiger partial charge in [-0.25, -0.2) is 4.79 Å². The summed E-state index contributed by atoms with van der Waals surface area (Å²) in [6, 6.07) is 1.75. The predicted molar refractivity (Wildman–Crippen MR) is 59.9 cm³/mol. The highest BCUT2D eigenvalue weighted by molar-refractivity contribution is 9.10. The van der Waals surface area contributed by atoms with Crippen LogP contribution in [0.1, 0.15) is 6.42 Å². The summed E-state index contributed by atoms with van der Waals surface area (Å²) >= 11 is 3.24. The van der Waals surface area contributed by atoms with Crippen molar-refractivity contribution in [2.75, 3.05) is 11.9 Å². The molecule has 0 spiro atoms. The number of hydrogen-bond acceptors (Lipinski definition) is 4. The average molecular weight is 307 g/mol. The van der Waals surface area contributed by atoms with Crippen LogP contribution in [0.25, 0.3) is 0 Å². The molecule has 1 aromatic heterocycles. The van der Waals surface area contributed by atoms with E-state index in [1.807, 2.05) is 0 Å². The number of alkyl halides is 2. The van der Waals surface area contributed by atoms with E-state index < -0.39 is 24.4 Å². The van der Waals surface area contributed by atoms with E-state index >= 15 is 0 Å². The molecule has 1 saturated heterocycles. The summed E-state index contributed by atoms with van der Waals surface area (Å²) in [5.74, 6) is -4.81. The molecule has 1 atom stereocenters. The Morgan fingerprint density at radius 3 is 2.94 bits per heavy atom. The van der Waals surface area contributed by atoms with Gasteiger partial charge in [0, 0.05) is 10.7 Å². The lowest BCUT2D eigenvalue weighted by molar-refractivity contribution is -0.158. The molecule has 1 unspecified atom stereocenters. The molecule has 1 N–H and O–H groups in total. The van der Waals surface area contributed by atoms with Gasteiger partial charge in [0.05, 0.1) is 24.8 Å². The van der Waals surface area contributed by atoms with Gasteiger partial charge in [-0.2, -0.15) is 8.78 Å². The minimum Gasteiger partial charge on any atom is -0.456 e. The van der Waals surface area contributed by atoms with E-state index in [1.165, 1.54) is 0 Å². The van der Waals surface area contributed by atoms with Gasteiger partial charge in [-0.05, 0) is 22.0 Å². The maximum atomic E-state index is 12.9. The van der Waals surface area contributed by atoms with E-state index in [-0.39, 0.29) is 6.54 Å². The van der Waals surface area contributed by atoms with Crippen molar-refractivity contribution in [3.05, 3.63) is 22.9 Å². The van der Waals surface area contributed by atoms with Crippen molar-refractivity contribution in [3.63, 3.8) is 0 Å². The van der Waals surface area contributed by atoms with Crippen LogP contribution >= 0.6 is 15.9 Å². The number of aromatic nitrogens is 1. The van der Waals surface area contributed by atoms with Crippen molar-refractivity contribution in [1.82, 2.24) is 4.98 Å². The van der Waals surface area contributed by atoms with E-state index in [2.05, 4.69) is 31.0 Å². The first-order chi connectivity index (χ1) is 7.97. The molecule has 0 aromatic carbocycles. The fraction of sp³-hybridized carbons (Fsp3) is 0.400. The Balaban J connectivity index is 1.90. The third kappa shape index (κ3) is 2.91. The summed E-state index contributed by atoms with van der Waals surface area (Å²) < 4.78 is 31.0. The molecule has 1 aliphatic heterocycles. The molecular formula is C10H9BrF2N2O2. The van der Waals surface area contributed by atoms with Gasteiger partial charge >= 0.3 is 11.9 Å². The zero-order valence-corrected chi connectivity index (χ0v) is 10.2. The lowest BCUT2D eigenvalue weighted by Crippen LogP contribution is -2.22. The smallest absolute Gasteiger partial charge is 0.377 e. The maximum absolute atomic E-state index is 12.9. The number of carbonyl (C=O) groups is 1. The van der Waals surface area contributed by atoms with Crippen LogP contribution in [-0.4, -0.2) is 29.5 Å². The molecule has 2 heterocycles. The quantitative estimate of drug-likeness (QED) is 0.870. The number of anilines is 1. The molecule has 0 bridgehead atoms. The van der Waals surface area contributed by atoms with Crippen molar-refractivity contribution in [2.45, 2.75) is 18.4 Å². The number of nitrogens with one attached hydrogen (secondary N) is 1. The van der Waals surface area contributed by atoms with Gasteiger partial charge in [0.1, 0.15) is 6.10 Å². The van der Waals surface area contributed by atoms with Gasteiger partial charge in [0.25, 0.3) is 0 Å². The van der Waals surface area contributed by atoms with Crippen molar-refractivity contribution in [1.29, 1.82) is 0 Å². The topological polar surface area (TPSA) is 51.2 Å². The summed E-state index contributed by atoms with van der Waals surface area (Å²) in [4.78, 5) is 14.7. The van der Waals surface area contributed by atoms with Gasteiger partial charge in [-0.1, -0.05) is 0 Å². The first-order valence-corrected chi connectivity index (χ1v) is 5.70. The number of rotatable bonds is 3. The zero-order valence-electron chi connectivity index (χ0n) is 8.62. The molecular weight excluding hydrogens is 298 g/mol. The second kappa shape index (κ2) is 4.56. The number of halogens is 3. The average Bonchev–Trinajstić information content (AvgIpc) is 2.50. The standard InChI is InChI=1S/C10H9BrF2N2O2/c11-6-1-7(4-14-3-6)15-5-8-2-10(12,13)9(16)17-8/h1,3-4,8,15H,2,5H2. The molecule has 1 fully saturated rings. The van der Waals surface area contributed by atoms with Gasteiger partial charge in [0.2, 0.25) is 0 Å².